The van der Waals surface area contributed by atoms with Gasteiger partial charge in [-0.1, -0.05) is 88.4 Å². The van der Waals surface area contributed by atoms with Gasteiger partial charge in [-0.15, -0.1) is 0 Å². The van der Waals surface area contributed by atoms with E-state index < -0.39 is 65.8 Å². The van der Waals surface area contributed by atoms with Gasteiger partial charge < -0.3 is 36.5 Å². The third-order valence-corrected chi connectivity index (χ3v) is 7.40. The van der Waals surface area contributed by atoms with Crippen molar-refractivity contribution < 1.29 is 38.2 Å². The first-order chi connectivity index (χ1) is 22.7. The smallest absolute Gasteiger partial charge is 0.328 e. The molecule has 2 rings (SSSR count). The van der Waals surface area contributed by atoms with Crippen LogP contribution in [0.25, 0.3) is 0 Å². The van der Waals surface area contributed by atoms with E-state index >= 15 is 0 Å². The number of hydrogen-bond acceptors (Lipinski definition) is 9. The summed E-state index contributed by atoms with van der Waals surface area (Å²) in [6.45, 7) is 10.0. The number of esters is 2. The van der Waals surface area contributed by atoms with E-state index in [1.807, 2.05) is 60.7 Å². The fraction of sp³-hybridized carbons (Fsp3) is 0.486. The average Bonchev–Trinajstić information content (AvgIpc) is 3.06. The predicted octanol–water partition coefficient (Wildman–Crippen LogP) is 1.87. The van der Waals surface area contributed by atoms with Crippen LogP contribution >= 0.6 is 0 Å². The molecule has 13 heteroatoms. The highest BCUT2D eigenvalue weighted by molar-refractivity contribution is 5.93. The minimum absolute atomic E-state index is 0.0538. The van der Waals surface area contributed by atoms with Gasteiger partial charge in [-0.2, -0.15) is 0 Å². The van der Waals surface area contributed by atoms with Crippen molar-refractivity contribution in [1.29, 1.82) is 0 Å². The molecule has 0 heterocycles. The molecule has 0 aliphatic heterocycles. The molecule has 0 fully saturated rings. The highest BCUT2D eigenvalue weighted by atomic mass is 16.5. The largest absolute Gasteiger partial charge is 0.459 e. The summed E-state index contributed by atoms with van der Waals surface area (Å²) in [5.74, 6) is -4.24. The maximum Gasteiger partial charge on any atom is 0.328 e. The van der Waals surface area contributed by atoms with Crippen molar-refractivity contribution >= 4 is 35.6 Å². The molecule has 2 aromatic carbocycles. The highest BCUT2D eigenvalue weighted by Crippen LogP contribution is 2.08. The summed E-state index contributed by atoms with van der Waals surface area (Å²) in [5, 5.41) is 10.4. The molecule has 0 bridgehead atoms. The normalized spacial score (nSPS) is 14.1. The second kappa shape index (κ2) is 19.8. The molecule has 0 saturated heterocycles. The van der Waals surface area contributed by atoms with Gasteiger partial charge in [0.05, 0.1) is 6.04 Å². The minimum atomic E-state index is -1.14. The molecule has 13 nitrogen and oxygen atoms in total. The first kappa shape index (κ1) is 39.4. The quantitative estimate of drug-likeness (QED) is 0.148. The number of benzene rings is 2. The predicted molar refractivity (Wildman–Crippen MR) is 178 cm³/mol. The van der Waals surface area contributed by atoms with Gasteiger partial charge in [0, 0.05) is 6.42 Å². The molecule has 5 atom stereocenters. The van der Waals surface area contributed by atoms with Gasteiger partial charge in [-0.05, 0) is 43.2 Å². The average molecular weight is 668 g/mol. The molecule has 2 aromatic rings. The van der Waals surface area contributed by atoms with E-state index in [1.54, 1.807) is 27.7 Å². The third-order valence-electron chi connectivity index (χ3n) is 7.40. The van der Waals surface area contributed by atoms with Gasteiger partial charge in [0.1, 0.15) is 37.4 Å². The molecule has 0 radical (unpaired) electrons. The lowest BCUT2D eigenvalue weighted by molar-refractivity contribution is -0.149. The molecule has 0 aromatic heterocycles. The monoisotopic (exact) mass is 667 g/mol. The van der Waals surface area contributed by atoms with Crippen LogP contribution in [0.3, 0.4) is 0 Å². The Morgan fingerprint density at radius 3 is 1.38 bits per heavy atom. The zero-order valence-corrected chi connectivity index (χ0v) is 28.5. The van der Waals surface area contributed by atoms with Crippen molar-refractivity contribution in [1.82, 2.24) is 21.3 Å². The van der Waals surface area contributed by atoms with Crippen LogP contribution in [0, 0.1) is 11.8 Å². The first-order valence-electron chi connectivity index (χ1n) is 16.1. The Bertz CT molecular complexity index is 1370. The fourth-order valence-corrected chi connectivity index (χ4v) is 4.43. The zero-order valence-electron chi connectivity index (χ0n) is 28.5. The van der Waals surface area contributed by atoms with Crippen LogP contribution in [0.4, 0.5) is 0 Å². The Kier molecular flexibility index (Phi) is 16.2. The van der Waals surface area contributed by atoms with E-state index in [4.69, 9.17) is 15.2 Å². The Morgan fingerprint density at radius 2 is 0.979 bits per heavy atom. The molecular weight excluding hydrogens is 618 g/mol. The Morgan fingerprint density at radius 1 is 0.583 bits per heavy atom. The van der Waals surface area contributed by atoms with E-state index in [0.29, 0.717) is 0 Å². The van der Waals surface area contributed by atoms with E-state index in [0.717, 1.165) is 11.1 Å². The number of rotatable bonds is 18. The molecule has 0 unspecified atom stereocenters. The maximum absolute atomic E-state index is 13.0. The second-order valence-electron chi connectivity index (χ2n) is 12.3. The SMILES string of the molecule is CC(C)[C@H](NC(=O)CC[C@H](N)C(=O)N[C@H](C(=O)N[C@@H](C)C(=O)OCc1ccccc1)C(C)C)C(=O)N[C@@H](C)C(=O)OCc1ccccc1. The van der Waals surface area contributed by atoms with Crippen molar-refractivity contribution in [3.05, 3.63) is 71.8 Å². The number of ether oxygens (including phenoxy) is 2. The molecule has 6 N–H and O–H groups in total. The van der Waals surface area contributed by atoms with Gasteiger partial charge in [0.25, 0.3) is 0 Å². The second-order valence-corrected chi connectivity index (χ2v) is 12.3. The summed E-state index contributed by atoms with van der Waals surface area (Å²) < 4.78 is 10.5. The summed E-state index contributed by atoms with van der Waals surface area (Å²) in [6.07, 6.45) is -0.246. The van der Waals surface area contributed by atoms with Crippen LogP contribution < -0.4 is 27.0 Å². The third kappa shape index (κ3) is 13.5. The lowest BCUT2D eigenvalue weighted by atomic mass is 10.0. The Labute approximate surface area is 282 Å². The molecule has 0 aliphatic carbocycles. The van der Waals surface area contributed by atoms with Gasteiger partial charge >= 0.3 is 11.9 Å². The number of nitrogens with one attached hydrogen (secondary N) is 4. The summed E-state index contributed by atoms with van der Waals surface area (Å²) >= 11 is 0. The molecule has 0 spiro atoms. The molecule has 0 saturated carbocycles. The number of carbonyl (C=O) groups is 6. The number of amides is 4. The summed E-state index contributed by atoms with van der Waals surface area (Å²) in [5.41, 5.74) is 7.65. The van der Waals surface area contributed by atoms with Crippen molar-refractivity contribution in [3.63, 3.8) is 0 Å². The molecule has 262 valence electrons. The Balaban J connectivity index is 1.83. The zero-order chi connectivity index (χ0) is 35.8. The van der Waals surface area contributed by atoms with Crippen LogP contribution in [0.2, 0.25) is 0 Å². The molecule has 0 aliphatic rings. The van der Waals surface area contributed by atoms with Crippen LogP contribution in [0.1, 0.15) is 65.5 Å². The Hall–Kier alpha value is -4.78. The van der Waals surface area contributed by atoms with Gasteiger partial charge in [-0.3, -0.25) is 19.2 Å². The van der Waals surface area contributed by atoms with Crippen molar-refractivity contribution in [2.45, 2.75) is 97.8 Å². The van der Waals surface area contributed by atoms with E-state index in [9.17, 15) is 28.8 Å². The highest BCUT2D eigenvalue weighted by Gasteiger charge is 2.30. The van der Waals surface area contributed by atoms with Gasteiger partial charge in [-0.25, -0.2) is 9.59 Å². The van der Waals surface area contributed by atoms with Crippen molar-refractivity contribution in [2.24, 2.45) is 17.6 Å². The van der Waals surface area contributed by atoms with Gasteiger partial charge in [0.2, 0.25) is 23.6 Å². The van der Waals surface area contributed by atoms with Crippen LogP contribution in [0.15, 0.2) is 60.7 Å². The first-order valence-corrected chi connectivity index (χ1v) is 16.1. The fourth-order valence-electron chi connectivity index (χ4n) is 4.43. The lowest BCUT2D eigenvalue weighted by Crippen LogP contribution is -2.56. The molecular formula is C35H49N5O8. The summed E-state index contributed by atoms with van der Waals surface area (Å²) in [6, 6.07) is 13.2. The topological polar surface area (TPSA) is 195 Å². The number of hydrogen-bond donors (Lipinski definition) is 5. The van der Waals surface area contributed by atoms with E-state index in [2.05, 4.69) is 21.3 Å². The number of nitrogens with two attached hydrogens (primary N) is 1. The summed E-state index contributed by atoms with van der Waals surface area (Å²) in [7, 11) is 0. The van der Waals surface area contributed by atoms with Crippen molar-refractivity contribution in [2.75, 3.05) is 0 Å². The lowest BCUT2D eigenvalue weighted by Gasteiger charge is -2.25. The van der Waals surface area contributed by atoms with Crippen molar-refractivity contribution in [3.8, 4) is 0 Å². The molecule has 48 heavy (non-hydrogen) atoms. The minimum Gasteiger partial charge on any atom is -0.459 e. The number of carbonyl (C=O) groups excluding carboxylic acids is 6. The van der Waals surface area contributed by atoms with E-state index in [-0.39, 0.29) is 37.9 Å². The van der Waals surface area contributed by atoms with Crippen LogP contribution in [-0.2, 0) is 51.5 Å². The van der Waals surface area contributed by atoms with E-state index in [1.165, 1.54) is 13.8 Å². The van der Waals surface area contributed by atoms with Gasteiger partial charge in [0.15, 0.2) is 0 Å². The van der Waals surface area contributed by atoms with Crippen LogP contribution in [-0.4, -0.2) is 65.8 Å². The maximum atomic E-state index is 13.0. The molecule has 4 amide bonds. The summed E-state index contributed by atoms with van der Waals surface area (Å²) in [4.78, 5) is 76.3. The van der Waals surface area contributed by atoms with Crippen LogP contribution in [0.5, 0.6) is 0 Å². The standard InChI is InChI=1S/C35H49N5O8/c1-21(2)29(32(43)37-23(5)34(45)47-19-25-13-9-7-10-14-25)39-28(41)18-17-27(36)31(42)40-30(22(3)4)33(44)38-24(6)35(46)48-20-26-15-11-8-12-16-26/h7-16,21-24,27,29-30H,17-20,36H2,1-6H3,(H,37,43)(H,38,44)(H,39,41)(H,40,42)/t23-,24-,27-,29-,30-/m0/s1.